The van der Waals surface area contributed by atoms with Crippen molar-refractivity contribution in [2.75, 3.05) is 13.7 Å². The van der Waals surface area contributed by atoms with Crippen LogP contribution in [0.25, 0.3) is 0 Å². The number of hydrogen-bond acceptors (Lipinski definition) is 2. The van der Waals surface area contributed by atoms with Crippen LogP contribution in [0.4, 0.5) is 0 Å². The Bertz CT molecular complexity index is 85.6. The van der Waals surface area contributed by atoms with Crippen LogP contribution >= 0.6 is 0 Å². The normalized spacial score (nSPS) is 16.4. The molecule has 0 saturated carbocycles. The van der Waals surface area contributed by atoms with E-state index in [1.165, 1.54) is 12.8 Å². The minimum absolute atomic E-state index is 0.231. The predicted octanol–water partition coefficient (Wildman–Crippen LogP) is 1.79. The van der Waals surface area contributed by atoms with Gasteiger partial charge in [-0.3, -0.25) is 0 Å². The second-order valence-electron chi connectivity index (χ2n) is 3.31. The van der Waals surface area contributed by atoms with Gasteiger partial charge < -0.3 is 10.5 Å². The minimum Gasteiger partial charge on any atom is -0.383 e. The second kappa shape index (κ2) is 6.62. The molecule has 0 aromatic heterocycles. The molecular formula is C9H21NO. The molecule has 0 heterocycles. The lowest BCUT2D eigenvalue weighted by molar-refractivity contribution is 0.174. The van der Waals surface area contributed by atoms with Crippen LogP contribution in [0.5, 0.6) is 0 Å². The maximum atomic E-state index is 5.76. The molecule has 0 aliphatic rings. The van der Waals surface area contributed by atoms with E-state index in [0.29, 0.717) is 6.61 Å². The summed E-state index contributed by atoms with van der Waals surface area (Å²) in [4.78, 5) is 0. The number of rotatable bonds is 6. The van der Waals surface area contributed by atoms with Crippen LogP contribution < -0.4 is 5.73 Å². The predicted molar refractivity (Wildman–Crippen MR) is 48.5 cm³/mol. The van der Waals surface area contributed by atoms with Gasteiger partial charge in [-0.1, -0.05) is 20.3 Å². The van der Waals surface area contributed by atoms with Gasteiger partial charge in [0.15, 0.2) is 0 Å². The first-order valence-corrected chi connectivity index (χ1v) is 4.45. The molecule has 0 aromatic carbocycles. The fraction of sp³-hybridized carbons (Fsp3) is 1.00. The molecule has 0 amide bonds. The zero-order valence-corrected chi connectivity index (χ0v) is 7.97. The summed E-state index contributed by atoms with van der Waals surface area (Å²) >= 11 is 0. The summed E-state index contributed by atoms with van der Waals surface area (Å²) in [5.41, 5.74) is 5.76. The molecule has 2 unspecified atom stereocenters. The summed E-state index contributed by atoms with van der Waals surface area (Å²) in [6, 6.07) is 0.231. The van der Waals surface area contributed by atoms with E-state index in [1.807, 2.05) is 0 Å². The Morgan fingerprint density at radius 2 is 2.00 bits per heavy atom. The lowest BCUT2D eigenvalue weighted by atomic mass is 10.0. The van der Waals surface area contributed by atoms with Gasteiger partial charge in [-0.15, -0.1) is 0 Å². The van der Waals surface area contributed by atoms with Gasteiger partial charge in [0, 0.05) is 13.2 Å². The van der Waals surface area contributed by atoms with Crippen molar-refractivity contribution < 1.29 is 4.74 Å². The van der Waals surface area contributed by atoms with E-state index in [4.69, 9.17) is 10.5 Å². The molecule has 0 bridgehead atoms. The first kappa shape index (κ1) is 10.9. The Balaban J connectivity index is 3.22. The molecule has 0 fully saturated rings. The zero-order valence-electron chi connectivity index (χ0n) is 7.97. The number of ether oxygens (including phenoxy) is 1. The second-order valence-corrected chi connectivity index (χ2v) is 3.31. The Labute approximate surface area is 70.1 Å². The molecule has 0 rings (SSSR count). The lowest BCUT2D eigenvalue weighted by Crippen LogP contribution is -2.25. The number of nitrogens with two attached hydrogens (primary N) is 1. The van der Waals surface area contributed by atoms with E-state index in [9.17, 15) is 0 Å². The van der Waals surface area contributed by atoms with Gasteiger partial charge in [0.25, 0.3) is 0 Å². The molecule has 11 heavy (non-hydrogen) atoms. The lowest BCUT2D eigenvalue weighted by Gasteiger charge is -2.12. The van der Waals surface area contributed by atoms with Crippen molar-refractivity contribution in [1.29, 1.82) is 0 Å². The van der Waals surface area contributed by atoms with Gasteiger partial charge in [-0.05, 0) is 18.8 Å². The van der Waals surface area contributed by atoms with E-state index in [-0.39, 0.29) is 6.04 Å². The maximum Gasteiger partial charge on any atom is 0.0613 e. The van der Waals surface area contributed by atoms with Crippen molar-refractivity contribution in [2.45, 2.75) is 39.2 Å². The smallest absolute Gasteiger partial charge is 0.0613 e. The van der Waals surface area contributed by atoms with Crippen LogP contribution in [-0.4, -0.2) is 19.8 Å². The van der Waals surface area contributed by atoms with E-state index < -0.39 is 0 Å². The molecule has 2 heteroatoms. The summed E-state index contributed by atoms with van der Waals surface area (Å²) in [7, 11) is 1.70. The van der Waals surface area contributed by atoms with Crippen LogP contribution in [0.15, 0.2) is 0 Å². The van der Waals surface area contributed by atoms with Gasteiger partial charge >= 0.3 is 0 Å². The molecule has 0 aliphatic carbocycles. The summed E-state index contributed by atoms with van der Waals surface area (Å²) in [6.07, 6.45) is 3.56. The van der Waals surface area contributed by atoms with Gasteiger partial charge in [0.1, 0.15) is 0 Å². The standard InChI is InChI=1S/C9H21NO/c1-4-8(2)5-6-9(10)7-11-3/h8-9H,4-7,10H2,1-3H3. The molecule has 0 aliphatic heterocycles. The third-order valence-electron chi connectivity index (χ3n) is 2.11. The third kappa shape index (κ3) is 6.32. The number of hydrogen-bond donors (Lipinski definition) is 1. The van der Waals surface area contributed by atoms with Gasteiger partial charge in [0.2, 0.25) is 0 Å². The van der Waals surface area contributed by atoms with Crippen LogP contribution in [0, 0.1) is 5.92 Å². The summed E-state index contributed by atoms with van der Waals surface area (Å²) in [5.74, 6) is 0.804. The molecule has 0 aromatic rings. The van der Waals surface area contributed by atoms with Crippen molar-refractivity contribution in [1.82, 2.24) is 0 Å². The summed E-state index contributed by atoms with van der Waals surface area (Å²) in [5, 5.41) is 0. The highest BCUT2D eigenvalue weighted by Gasteiger charge is 2.04. The Hall–Kier alpha value is -0.0800. The summed E-state index contributed by atoms with van der Waals surface area (Å²) in [6.45, 7) is 5.17. The van der Waals surface area contributed by atoms with Crippen molar-refractivity contribution in [3.63, 3.8) is 0 Å². The quantitative estimate of drug-likeness (QED) is 0.641. The fourth-order valence-electron chi connectivity index (χ4n) is 1.00. The van der Waals surface area contributed by atoms with Crippen molar-refractivity contribution in [3.05, 3.63) is 0 Å². The highest BCUT2D eigenvalue weighted by Crippen LogP contribution is 2.10. The molecule has 0 radical (unpaired) electrons. The first-order chi connectivity index (χ1) is 5.20. The third-order valence-corrected chi connectivity index (χ3v) is 2.11. The van der Waals surface area contributed by atoms with Crippen molar-refractivity contribution in [3.8, 4) is 0 Å². The van der Waals surface area contributed by atoms with Crippen LogP contribution in [0.1, 0.15) is 33.1 Å². The Morgan fingerprint density at radius 3 is 2.45 bits per heavy atom. The molecule has 2 nitrogen and oxygen atoms in total. The fourth-order valence-corrected chi connectivity index (χ4v) is 1.00. The minimum atomic E-state index is 0.231. The Kier molecular flexibility index (Phi) is 6.57. The average Bonchev–Trinajstić information content (AvgIpc) is 2.01. The Morgan fingerprint density at radius 1 is 1.36 bits per heavy atom. The molecular weight excluding hydrogens is 138 g/mol. The van der Waals surface area contributed by atoms with E-state index >= 15 is 0 Å². The van der Waals surface area contributed by atoms with Crippen LogP contribution in [0.2, 0.25) is 0 Å². The molecule has 2 N–H and O–H groups in total. The molecule has 68 valence electrons. The largest absolute Gasteiger partial charge is 0.383 e. The average molecular weight is 159 g/mol. The van der Waals surface area contributed by atoms with Crippen LogP contribution in [-0.2, 0) is 4.74 Å². The highest BCUT2D eigenvalue weighted by molar-refractivity contribution is 4.61. The first-order valence-electron chi connectivity index (χ1n) is 4.45. The van der Waals surface area contributed by atoms with Crippen molar-refractivity contribution in [2.24, 2.45) is 11.7 Å². The highest BCUT2D eigenvalue weighted by atomic mass is 16.5. The topological polar surface area (TPSA) is 35.2 Å². The molecule has 0 saturated heterocycles. The van der Waals surface area contributed by atoms with Gasteiger partial charge in [0.05, 0.1) is 6.61 Å². The summed E-state index contributed by atoms with van der Waals surface area (Å²) < 4.78 is 4.94. The van der Waals surface area contributed by atoms with E-state index in [1.54, 1.807) is 7.11 Å². The zero-order chi connectivity index (χ0) is 8.69. The van der Waals surface area contributed by atoms with E-state index in [0.717, 1.165) is 12.3 Å². The maximum absolute atomic E-state index is 5.76. The number of methoxy groups -OCH3 is 1. The van der Waals surface area contributed by atoms with Crippen LogP contribution in [0.3, 0.4) is 0 Å². The monoisotopic (exact) mass is 159 g/mol. The molecule has 2 atom stereocenters. The van der Waals surface area contributed by atoms with Crippen molar-refractivity contribution >= 4 is 0 Å². The van der Waals surface area contributed by atoms with Gasteiger partial charge in [-0.25, -0.2) is 0 Å². The van der Waals surface area contributed by atoms with E-state index in [2.05, 4.69) is 13.8 Å². The molecule has 0 spiro atoms. The van der Waals surface area contributed by atoms with Gasteiger partial charge in [-0.2, -0.15) is 0 Å². The SMILES string of the molecule is CCC(C)CCC(N)COC.